The zero-order valence-electron chi connectivity index (χ0n) is 10.7. The molecule has 2 rings (SSSR count). The maximum absolute atomic E-state index is 11.6. The molecule has 1 heterocycles. The van der Waals surface area contributed by atoms with Gasteiger partial charge in [0.25, 0.3) is 5.56 Å². The van der Waals surface area contributed by atoms with Crippen molar-refractivity contribution in [2.45, 2.75) is 13.3 Å². The molecule has 0 saturated carbocycles. The van der Waals surface area contributed by atoms with E-state index >= 15 is 0 Å². The van der Waals surface area contributed by atoms with E-state index in [1.165, 1.54) is 6.07 Å². The summed E-state index contributed by atoms with van der Waals surface area (Å²) in [5.74, 6) is 1.19. The first-order valence-corrected chi connectivity index (χ1v) is 5.86. The number of aromatic nitrogens is 2. The Hall–Kier alpha value is -2.61. The number of hydrogen-bond acceptors (Lipinski definition) is 4. The highest BCUT2D eigenvalue weighted by Crippen LogP contribution is 2.28. The van der Waals surface area contributed by atoms with Gasteiger partial charge in [0, 0.05) is 18.1 Å². The van der Waals surface area contributed by atoms with Crippen molar-refractivity contribution in [2.75, 3.05) is 7.11 Å². The van der Waals surface area contributed by atoms with Crippen molar-refractivity contribution in [1.29, 1.82) is 5.26 Å². The van der Waals surface area contributed by atoms with Crippen molar-refractivity contribution in [1.82, 2.24) is 9.97 Å². The van der Waals surface area contributed by atoms with Gasteiger partial charge >= 0.3 is 0 Å². The van der Waals surface area contributed by atoms with Crippen molar-refractivity contribution in [2.24, 2.45) is 0 Å². The number of nitrogens with zero attached hydrogens (tertiary/aromatic N) is 2. The molecule has 0 aliphatic carbocycles. The molecule has 0 radical (unpaired) electrons. The van der Waals surface area contributed by atoms with Crippen molar-refractivity contribution in [3.8, 4) is 23.1 Å². The molecule has 1 N–H and O–H groups in total. The first-order chi connectivity index (χ1) is 9.17. The fourth-order valence-electron chi connectivity index (χ4n) is 1.79. The number of H-pyrrole nitrogens is 1. The number of nitriles is 1. The zero-order chi connectivity index (χ0) is 13.8. The molecule has 0 spiro atoms. The van der Waals surface area contributed by atoms with Gasteiger partial charge in [0.2, 0.25) is 0 Å². The van der Waals surface area contributed by atoms with Crippen LogP contribution < -0.4 is 10.3 Å². The van der Waals surface area contributed by atoms with E-state index in [0.29, 0.717) is 34.8 Å². The third-order valence-electron chi connectivity index (χ3n) is 2.73. The van der Waals surface area contributed by atoms with Gasteiger partial charge in [-0.15, -0.1) is 0 Å². The minimum absolute atomic E-state index is 0.216. The topological polar surface area (TPSA) is 78.8 Å². The lowest BCUT2D eigenvalue weighted by atomic mass is 10.1. The smallest absolute Gasteiger partial charge is 0.251 e. The van der Waals surface area contributed by atoms with E-state index in [4.69, 9.17) is 10.00 Å². The molecule has 5 heteroatoms. The van der Waals surface area contributed by atoms with Crippen LogP contribution in [-0.4, -0.2) is 17.1 Å². The maximum Gasteiger partial charge on any atom is 0.251 e. The van der Waals surface area contributed by atoms with Gasteiger partial charge in [0.05, 0.1) is 24.4 Å². The molecule has 5 nitrogen and oxygen atoms in total. The van der Waals surface area contributed by atoms with Gasteiger partial charge in [0.1, 0.15) is 11.6 Å². The first kappa shape index (κ1) is 12.8. The average Bonchev–Trinajstić information content (AvgIpc) is 2.45. The molecule has 0 saturated heterocycles. The van der Waals surface area contributed by atoms with E-state index in [2.05, 4.69) is 16.0 Å². The van der Waals surface area contributed by atoms with Gasteiger partial charge in [-0.25, -0.2) is 4.98 Å². The number of nitrogens with one attached hydrogen (secondary N) is 1. The minimum atomic E-state index is -0.216. The number of aryl methyl sites for hydroxylation is 1. The van der Waals surface area contributed by atoms with Gasteiger partial charge in [-0.1, -0.05) is 6.92 Å². The van der Waals surface area contributed by atoms with Crippen LogP contribution in [-0.2, 0) is 6.42 Å². The van der Waals surface area contributed by atoms with Crippen LogP contribution in [0.1, 0.15) is 18.3 Å². The second kappa shape index (κ2) is 5.36. The molecule has 0 atom stereocenters. The van der Waals surface area contributed by atoms with Crippen LogP contribution in [0.2, 0.25) is 0 Å². The molecular formula is C14H13N3O2. The van der Waals surface area contributed by atoms with E-state index in [1.54, 1.807) is 25.3 Å². The molecule has 0 fully saturated rings. The van der Waals surface area contributed by atoms with Crippen molar-refractivity contribution in [3.05, 3.63) is 46.0 Å². The first-order valence-electron chi connectivity index (χ1n) is 5.86. The molecule has 19 heavy (non-hydrogen) atoms. The Balaban J connectivity index is 2.66. The van der Waals surface area contributed by atoms with Crippen LogP contribution in [0.15, 0.2) is 29.1 Å². The predicted molar refractivity (Wildman–Crippen MR) is 70.9 cm³/mol. The summed E-state index contributed by atoms with van der Waals surface area (Å²) in [6, 6.07) is 8.49. The summed E-state index contributed by atoms with van der Waals surface area (Å²) < 4.78 is 5.25. The average molecular weight is 255 g/mol. The molecule has 1 aromatic carbocycles. The fraction of sp³-hybridized carbons (Fsp3) is 0.214. The number of benzene rings is 1. The zero-order valence-corrected chi connectivity index (χ0v) is 10.7. The van der Waals surface area contributed by atoms with E-state index in [1.807, 2.05) is 6.92 Å². The Labute approximate surface area is 110 Å². The number of aromatic amines is 1. The van der Waals surface area contributed by atoms with Crippen LogP contribution in [0.4, 0.5) is 0 Å². The quantitative estimate of drug-likeness (QED) is 0.908. The number of methoxy groups -OCH3 is 1. The predicted octanol–water partition coefficient (Wildman–Crippen LogP) is 1.88. The number of rotatable bonds is 3. The Morgan fingerprint density at radius 1 is 1.42 bits per heavy atom. The van der Waals surface area contributed by atoms with Crippen LogP contribution >= 0.6 is 0 Å². The van der Waals surface area contributed by atoms with Crippen LogP contribution in [0.3, 0.4) is 0 Å². The minimum Gasteiger partial charge on any atom is -0.496 e. The highest BCUT2D eigenvalue weighted by molar-refractivity contribution is 5.68. The van der Waals surface area contributed by atoms with Crippen LogP contribution in [0, 0.1) is 11.3 Å². The summed E-state index contributed by atoms with van der Waals surface area (Å²) in [4.78, 5) is 18.6. The fourth-order valence-corrected chi connectivity index (χ4v) is 1.79. The lowest BCUT2D eigenvalue weighted by molar-refractivity contribution is 0.416. The van der Waals surface area contributed by atoms with Gasteiger partial charge in [-0.2, -0.15) is 5.26 Å². The molecule has 2 aromatic rings. The number of hydrogen-bond donors (Lipinski definition) is 1. The third-order valence-corrected chi connectivity index (χ3v) is 2.73. The highest BCUT2D eigenvalue weighted by Gasteiger charge is 2.10. The van der Waals surface area contributed by atoms with Gasteiger partial charge in [0.15, 0.2) is 0 Å². The summed E-state index contributed by atoms with van der Waals surface area (Å²) in [6.07, 6.45) is 0.628. The van der Waals surface area contributed by atoms with Gasteiger partial charge in [-0.3, -0.25) is 4.79 Å². The van der Waals surface area contributed by atoms with E-state index < -0.39 is 0 Å². The monoisotopic (exact) mass is 255 g/mol. The Morgan fingerprint density at radius 3 is 2.84 bits per heavy atom. The summed E-state index contributed by atoms with van der Waals surface area (Å²) in [5.41, 5.74) is 1.43. The molecular weight excluding hydrogens is 242 g/mol. The third kappa shape index (κ3) is 2.63. The molecule has 0 amide bonds. The van der Waals surface area contributed by atoms with Gasteiger partial charge < -0.3 is 9.72 Å². The standard InChI is InChI=1S/C14H13N3O2/c1-3-13-16-11(7-14(18)17-13)10-6-9(8-15)4-5-12(10)19-2/h4-7H,3H2,1-2H3,(H,16,17,18). The lowest BCUT2D eigenvalue weighted by Crippen LogP contribution is -2.10. The Morgan fingerprint density at radius 2 is 2.21 bits per heavy atom. The maximum atomic E-state index is 11.6. The van der Waals surface area contributed by atoms with Gasteiger partial charge in [-0.05, 0) is 18.2 Å². The summed E-state index contributed by atoms with van der Waals surface area (Å²) in [7, 11) is 1.54. The lowest BCUT2D eigenvalue weighted by Gasteiger charge is -2.09. The number of ether oxygens (including phenoxy) is 1. The van der Waals surface area contributed by atoms with Crippen molar-refractivity contribution >= 4 is 0 Å². The van der Waals surface area contributed by atoms with Crippen molar-refractivity contribution in [3.63, 3.8) is 0 Å². The Kier molecular flexibility index (Phi) is 3.62. The molecule has 0 bridgehead atoms. The van der Waals surface area contributed by atoms with Crippen LogP contribution in [0.5, 0.6) is 5.75 Å². The van der Waals surface area contributed by atoms with E-state index in [-0.39, 0.29) is 5.56 Å². The second-order valence-corrected chi connectivity index (χ2v) is 3.96. The summed E-state index contributed by atoms with van der Waals surface area (Å²) in [5, 5.41) is 8.95. The summed E-state index contributed by atoms with van der Waals surface area (Å²) >= 11 is 0. The normalized spacial score (nSPS) is 9.95. The molecule has 1 aromatic heterocycles. The molecule has 96 valence electrons. The highest BCUT2D eigenvalue weighted by atomic mass is 16.5. The van der Waals surface area contributed by atoms with Crippen LogP contribution in [0.25, 0.3) is 11.3 Å². The van der Waals surface area contributed by atoms with Crippen molar-refractivity contribution < 1.29 is 4.74 Å². The molecule has 0 aliphatic rings. The second-order valence-electron chi connectivity index (χ2n) is 3.96. The van der Waals surface area contributed by atoms with E-state index in [9.17, 15) is 4.79 Å². The Bertz CT molecular complexity index is 699. The SMILES string of the molecule is CCc1nc(-c2cc(C#N)ccc2OC)cc(=O)[nH]1. The molecule has 0 unspecified atom stereocenters. The molecule has 0 aliphatic heterocycles. The van der Waals surface area contributed by atoms with E-state index in [0.717, 1.165) is 0 Å². The summed E-state index contributed by atoms with van der Waals surface area (Å²) in [6.45, 7) is 1.91. The largest absolute Gasteiger partial charge is 0.496 e.